The third-order valence-electron chi connectivity index (χ3n) is 19.1. The Morgan fingerprint density at radius 2 is 0.975 bits per heavy atom. The Morgan fingerprint density at radius 1 is 0.438 bits per heavy atom. The molecule has 13 rings (SSSR count). The number of hydrogen-bond donors (Lipinski definition) is 0. The zero-order chi connectivity index (χ0) is 55.8. The van der Waals surface area contributed by atoms with Crippen LogP contribution in [-0.4, -0.2) is 6.71 Å². The molecule has 9 aromatic carbocycles. The van der Waals surface area contributed by atoms with Crippen molar-refractivity contribution in [3.63, 3.8) is 0 Å². The predicted octanol–water partition coefficient (Wildman–Crippen LogP) is 19.0. The molecule has 400 valence electrons. The first-order chi connectivity index (χ1) is 38.1. The number of rotatable bonds is 8. The molecular formula is C76H78BN3. The van der Waals surface area contributed by atoms with E-state index in [0.29, 0.717) is 0 Å². The highest BCUT2D eigenvalue weighted by Crippen LogP contribution is 2.55. The second-order valence-electron chi connectivity index (χ2n) is 27.5. The molecule has 4 heteroatoms. The third-order valence-corrected chi connectivity index (χ3v) is 19.1. The number of hydrogen-bond acceptors (Lipinski definition) is 3. The summed E-state index contributed by atoms with van der Waals surface area (Å²) in [4.78, 5) is 7.81. The molecule has 0 atom stereocenters. The maximum Gasteiger partial charge on any atom is 0.252 e. The lowest BCUT2D eigenvalue weighted by Crippen LogP contribution is -2.61. The van der Waals surface area contributed by atoms with Crippen molar-refractivity contribution < 1.29 is 0 Å². The Labute approximate surface area is 478 Å². The van der Waals surface area contributed by atoms with E-state index in [9.17, 15) is 0 Å². The number of fused-ring (bicyclic) bond motifs is 6. The van der Waals surface area contributed by atoms with Gasteiger partial charge in [0.2, 0.25) is 0 Å². The molecule has 4 aliphatic rings. The monoisotopic (exact) mass is 1040 g/mol. The fraction of sp³-hybridized carbons (Fsp3) is 0.289. The smallest absolute Gasteiger partial charge is 0.252 e. The zero-order valence-electron chi connectivity index (χ0n) is 49.6. The highest BCUT2D eigenvalue weighted by atomic mass is 15.2. The highest BCUT2D eigenvalue weighted by Gasteiger charge is 2.49. The summed E-state index contributed by atoms with van der Waals surface area (Å²) in [5.74, 6) is 0. The fourth-order valence-electron chi connectivity index (χ4n) is 14.9. The first-order valence-corrected chi connectivity index (χ1v) is 29.6. The third kappa shape index (κ3) is 8.37. The lowest BCUT2D eigenvalue weighted by atomic mass is 9.33. The summed E-state index contributed by atoms with van der Waals surface area (Å²) in [6.07, 6.45) is 4.34. The van der Waals surface area contributed by atoms with Gasteiger partial charge in [-0.15, -0.1) is 0 Å². The fourth-order valence-corrected chi connectivity index (χ4v) is 14.9. The Morgan fingerprint density at radius 3 is 1.59 bits per heavy atom. The van der Waals surface area contributed by atoms with Crippen molar-refractivity contribution >= 4 is 74.3 Å². The van der Waals surface area contributed by atoms with Gasteiger partial charge >= 0.3 is 0 Å². The lowest BCUT2D eigenvalue weighted by Gasteiger charge is -2.46. The van der Waals surface area contributed by atoms with E-state index in [1.54, 1.807) is 0 Å². The minimum atomic E-state index is -0.0745. The quantitative estimate of drug-likeness (QED) is 0.140. The predicted molar refractivity (Wildman–Crippen MR) is 345 cm³/mol. The molecule has 0 saturated heterocycles. The minimum absolute atomic E-state index is 0.0164. The maximum atomic E-state index is 2.74. The second kappa shape index (κ2) is 18.5. The molecule has 9 aromatic rings. The van der Waals surface area contributed by atoms with Gasteiger partial charge in [0.1, 0.15) is 0 Å². The van der Waals surface area contributed by atoms with Crippen LogP contribution in [0.3, 0.4) is 0 Å². The zero-order valence-corrected chi connectivity index (χ0v) is 49.6. The molecule has 3 nitrogen and oxygen atoms in total. The second-order valence-corrected chi connectivity index (χ2v) is 27.5. The molecule has 2 heterocycles. The van der Waals surface area contributed by atoms with Gasteiger partial charge in [-0.1, -0.05) is 186 Å². The van der Waals surface area contributed by atoms with Gasteiger partial charge in [-0.2, -0.15) is 0 Å². The van der Waals surface area contributed by atoms with Crippen LogP contribution in [0.15, 0.2) is 188 Å². The van der Waals surface area contributed by atoms with Gasteiger partial charge in [-0.3, -0.25) is 0 Å². The molecule has 0 unspecified atom stereocenters. The van der Waals surface area contributed by atoms with Crippen LogP contribution in [0, 0.1) is 6.92 Å². The minimum Gasteiger partial charge on any atom is -0.311 e. The molecule has 0 saturated carbocycles. The van der Waals surface area contributed by atoms with E-state index >= 15 is 0 Å². The normalized spacial score (nSPS) is 16.8. The number of anilines is 9. The van der Waals surface area contributed by atoms with Gasteiger partial charge in [-0.05, 0) is 217 Å². The van der Waals surface area contributed by atoms with Crippen molar-refractivity contribution in [3.8, 4) is 22.3 Å². The molecule has 0 radical (unpaired) electrons. The standard InChI is InChI=1S/C76H78BN3/c1-14-50-41-69-71-70(42-50)80(66-36-32-54(72(3,4)5)44-58(66)53-30-34-59-60(43-53)74(8,9)39-38-73(59,6)7)68-47-62-61(75(10,11)48-76(62,12)13)46-64(68)77(71)63-45-57(78(55-26-20-16-21-27-55)56-28-22-17-23-29-56)33-37-67(63)79(69)65-35-31-52(40-49(65)2)51-24-18-15-19-25-51/h15-37,40-47H,14,38-39,48H2,1-13H3. The van der Waals surface area contributed by atoms with Gasteiger partial charge in [0.05, 0.1) is 5.69 Å². The SMILES string of the molecule is CCc1cc2c3c(c1)N(c1ccc(C(C)(C)C)cc1-c1ccc4c(c1)C(C)(C)CCC4(C)C)c1cc4c(cc1B3c1cc(N(c3ccccc3)c3ccccc3)ccc1N2c1ccc(-c2ccccc2)cc1C)C(C)(C)CC4(C)C. The summed E-state index contributed by atoms with van der Waals surface area (Å²) in [7, 11) is 0. The Hall–Kier alpha value is -7.56. The largest absolute Gasteiger partial charge is 0.311 e. The van der Waals surface area contributed by atoms with Crippen molar-refractivity contribution in [2.24, 2.45) is 0 Å². The highest BCUT2D eigenvalue weighted by molar-refractivity contribution is 7.00. The molecular weight excluding hydrogens is 966 g/mol. The van der Waals surface area contributed by atoms with E-state index in [1.165, 1.54) is 125 Å². The van der Waals surface area contributed by atoms with E-state index in [-0.39, 0.29) is 33.8 Å². The molecule has 0 aromatic heterocycles. The van der Waals surface area contributed by atoms with Crippen LogP contribution < -0.4 is 31.1 Å². The first-order valence-electron chi connectivity index (χ1n) is 29.6. The summed E-state index contributed by atoms with van der Waals surface area (Å²) >= 11 is 0. The average Bonchev–Trinajstić information content (AvgIpc) is 3.83. The maximum absolute atomic E-state index is 2.74. The molecule has 0 fully saturated rings. The number of benzene rings is 9. The van der Waals surface area contributed by atoms with Crippen LogP contribution in [0.1, 0.15) is 141 Å². The van der Waals surface area contributed by atoms with Crippen molar-refractivity contribution in [2.45, 2.75) is 143 Å². The van der Waals surface area contributed by atoms with Crippen LogP contribution in [0.5, 0.6) is 0 Å². The number of aryl methyl sites for hydroxylation is 2. The van der Waals surface area contributed by atoms with Crippen LogP contribution in [0.25, 0.3) is 22.3 Å². The van der Waals surface area contributed by atoms with Crippen LogP contribution in [-0.2, 0) is 33.5 Å². The molecule has 0 bridgehead atoms. The average molecular weight is 1040 g/mol. The summed E-state index contributed by atoms with van der Waals surface area (Å²) in [5.41, 5.74) is 29.8. The van der Waals surface area contributed by atoms with Crippen LogP contribution >= 0.6 is 0 Å². The van der Waals surface area contributed by atoms with Crippen molar-refractivity contribution in [1.82, 2.24) is 0 Å². The Kier molecular flexibility index (Phi) is 12.0. The summed E-state index contributed by atoms with van der Waals surface area (Å²) < 4.78 is 0. The van der Waals surface area contributed by atoms with Gasteiger partial charge in [-0.25, -0.2) is 0 Å². The molecule has 0 N–H and O–H groups in total. The summed E-state index contributed by atoms with van der Waals surface area (Å²) in [5, 5.41) is 0. The number of para-hydroxylation sites is 2. The van der Waals surface area contributed by atoms with E-state index in [1.807, 2.05) is 0 Å². The molecule has 80 heavy (non-hydrogen) atoms. The summed E-state index contributed by atoms with van der Waals surface area (Å²) in [6, 6.07) is 72.6. The first kappa shape index (κ1) is 51.9. The van der Waals surface area contributed by atoms with Crippen molar-refractivity contribution in [2.75, 3.05) is 14.7 Å². The lowest BCUT2D eigenvalue weighted by molar-refractivity contribution is 0.332. The van der Waals surface area contributed by atoms with E-state index in [0.717, 1.165) is 29.9 Å². The molecule has 2 aliphatic carbocycles. The Bertz CT molecular complexity index is 3870. The van der Waals surface area contributed by atoms with E-state index < -0.39 is 0 Å². The van der Waals surface area contributed by atoms with Gasteiger partial charge < -0.3 is 14.7 Å². The Balaban J connectivity index is 1.14. The molecule has 0 amide bonds. The van der Waals surface area contributed by atoms with E-state index in [2.05, 4.69) is 293 Å². The van der Waals surface area contributed by atoms with E-state index in [4.69, 9.17) is 0 Å². The topological polar surface area (TPSA) is 9.72 Å². The number of nitrogens with zero attached hydrogens (tertiary/aromatic N) is 3. The van der Waals surface area contributed by atoms with Gasteiger partial charge in [0, 0.05) is 51.1 Å². The summed E-state index contributed by atoms with van der Waals surface area (Å²) in [6.45, 7) is 31.4. The van der Waals surface area contributed by atoms with Crippen LogP contribution in [0.4, 0.5) is 51.2 Å². The van der Waals surface area contributed by atoms with Gasteiger partial charge in [0.15, 0.2) is 0 Å². The van der Waals surface area contributed by atoms with Crippen LogP contribution in [0.2, 0.25) is 0 Å². The van der Waals surface area contributed by atoms with Crippen molar-refractivity contribution in [3.05, 3.63) is 227 Å². The van der Waals surface area contributed by atoms with Gasteiger partial charge in [0.25, 0.3) is 6.71 Å². The molecule has 0 spiro atoms. The molecule has 2 aliphatic heterocycles. The van der Waals surface area contributed by atoms with Crippen molar-refractivity contribution in [1.29, 1.82) is 0 Å².